The van der Waals surface area contributed by atoms with Crippen LogP contribution in [0.4, 0.5) is 5.69 Å². The first-order chi connectivity index (χ1) is 14.6. The lowest BCUT2D eigenvalue weighted by Crippen LogP contribution is -2.23. The molecule has 1 aromatic heterocycles. The number of benzene rings is 3. The molecule has 4 rings (SSSR count). The molecule has 0 radical (unpaired) electrons. The molecule has 0 saturated heterocycles. The number of hydrogen-bond acceptors (Lipinski definition) is 4. The van der Waals surface area contributed by atoms with Crippen molar-refractivity contribution in [2.45, 2.75) is 17.3 Å². The van der Waals surface area contributed by atoms with Crippen molar-refractivity contribution in [2.24, 2.45) is 0 Å². The summed E-state index contributed by atoms with van der Waals surface area (Å²) in [4.78, 5) is 12.9. The Hall–Kier alpha value is -3.09. The minimum Gasteiger partial charge on any atom is -0.325 e. The van der Waals surface area contributed by atoms with Gasteiger partial charge in [0.25, 0.3) is 0 Å². The molecule has 1 heterocycles. The highest BCUT2D eigenvalue weighted by molar-refractivity contribution is 8.00. The van der Waals surface area contributed by atoms with Crippen molar-refractivity contribution in [3.8, 4) is 16.8 Å². The van der Waals surface area contributed by atoms with Crippen molar-refractivity contribution >= 4 is 35.0 Å². The summed E-state index contributed by atoms with van der Waals surface area (Å²) >= 11 is 7.44. The van der Waals surface area contributed by atoms with Crippen LogP contribution in [0.25, 0.3) is 16.8 Å². The number of nitrogens with zero attached hydrogens (tertiary/aromatic N) is 3. The van der Waals surface area contributed by atoms with Gasteiger partial charge in [-0.15, -0.1) is 10.2 Å². The molecule has 1 unspecified atom stereocenters. The summed E-state index contributed by atoms with van der Waals surface area (Å²) in [6.45, 7) is 1.85. The monoisotopic (exact) mass is 434 g/mol. The zero-order valence-electron chi connectivity index (χ0n) is 16.2. The van der Waals surface area contributed by atoms with Crippen LogP contribution in [0.2, 0.25) is 5.02 Å². The standard InChI is InChI=1S/C23H19ClN4OS/c1-16(30-23-27-25-15-28(23)19-11-7-10-18(24)14-19)22(29)26-21-13-6-5-12-20(21)17-8-3-2-4-9-17/h2-16H,1H3,(H,26,29). The summed E-state index contributed by atoms with van der Waals surface area (Å²) in [5.74, 6) is -0.107. The second-order valence-corrected chi connectivity index (χ2v) is 8.37. The number of hydrogen-bond donors (Lipinski definition) is 1. The fourth-order valence-electron chi connectivity index (χ4n) is 3.02. The molecule has 0 fully saturated rings. The Morgan fingerprint density at radius 2 is 1.80 bits per heavy atom. The minimum absolute atomic E-state index is 0.107. The van der Waals surface area contributed by atoms with E-state index in [9.17, 15) is 4.79 Å². The Balaban J connectivity index is 1.51. The van der Waals surface area contributed by atoms with Crippen molar-refractivity contribution < 1.29 is 4.79 Å². The number of para-hydroxylation sites is 1. The van der Waals surface area contributed by atoms with Gasteiger partial charge in [0.15, 0.2) is 5.16 Å². The molecule has 1 N–H and O–H groups in total. The van der Waals surface area contributed by atoms with E-state index in [-0.39, 0.29) is 11.2 Å². The summed E-state index contributed by atoms with van der Waals surface area (Å²) in [6.07, 6.45) is 1.61. The molecule has 0 aliphatic rings. The third-order valence-corrected chi connectivity index (χ3v) is 5.82. The normalized spacial score (nSPS) is 11.8. The fourth-order valence-corrected chi connectivity index (χ4v) is 4.04. The van der Waals surface area contributed by atoms with Gasteiger partial charge in [-0.3, -0.25) is 9.36 Å². The van der Waals surface area contributed by atoms with Crippen LogP contribution in [0.15, 0.2) is 90.3 Å². The summed E-state index contributed by atoms with van der Waals surface area (Å²) in [5, 5.41) is 12.1. The highest BCUT2D eigenvalue weighted by Gasteiger charge is 2.19. The van der Waals surface area contributed by atoms with Gasteiger partial charge in [0.05, 0.1) is 10.9 Å². The number of rotatable bonds is 6. The lowest BCUT2D eigenvalue weighted by atomic mass is 10.0. The van der Waals surface area contributed by atoms with Crippen molar-refractivity contribution in [1.82, 2.24) is 14.8 Å². The van der Waals surface area contributed by atoms with Crippen LogP contribution < -0.4 is 5.32 Å². The number of carbonyl (C=O) groups is 1. The lowest BCUT2D eigenvalue weighted by molar-refractivity contribution is -0.115. The largest absolute Gasteiger partial charge is 0.325 e. The van der Waals surface area contributed by atoms with Crippen molar-refractivity contribution in [1.29, 1.82) is 0 Å². The fraction of sp³-hybridized carbons (Fsp3) is 0.0870. The van der Waals surface area contributed by atoms with Gasteiger partial charge in [-0.05, 0) is 36.8 Å². The van der Waals surface area contributed by atoms with Crippen LogP contribution in [0.5, 0.6) is 0 Å². The molecule has 150 valence electrons. The smallest absolute Gasteiger partial charge is 0.237 e. The van der Waals surface area contributed by atoms with Crippen LogP contribution in [-0.2, 0) is 4.79 Å². The molecule has 0 saturated carbocycles. The molecule has 0 aliphatic carbocycles. The van der Waals surface area contributed by atoms with Crippen molar-refractivity contribution in [2.75, 3.05) is 5.32 Å². The third-order valence-electron chi connectivity index (χ3n) is 4.52. The number of carbonyl (C=O) groups excluding carboxylic acids is 1. The second-order valence-electron chi connectivity index (χ2n) is 6.62. The average Bonchev–Trinajstić information content (AvgIpc) is 3.23. The van der Waals surface area contributed by atoms with E-state index in [4.69, 9.17) is 11.6 Å². The summed E-state index contributed by atoms with van der Waals surface area (Å²) in [5.41, 5.74) is 3.65. The predicted molar refractivity (Wildman–Crippen MR) is 122 cm³/mol. The van der Waals surface area contributed by atoms with E-state index in [1.165, 1.54) is 11.8 Å². The van der Waals surface area contributed by atoms with E-state index in [0.717, 1.165) is 22.5 Å². The number of aromatic nitrogens is 3. The molecule has 1 amide bonds. The van der Waals surface area contributed by atoms with Crippen LogP contribution in [0, 0.1) is 0 Å². The number of anilines is 1. The van der Waals surface area contributed by atoms with Crippen LogP contribution >= 0.6 is 23.4 Å². The van der Waals surface area contributed by atoms with Crippen LogP contribution in [-0.4, -0.2) is 25.9 Å². The Labute approximate surface area is 184 Å². The van der Waals surface area contributed by atoms with Crippen molar-refractivity contribution in [3.05, 3.63) is 90.2 Å². The van der Waals surface area contributed by atoms with Gasteiger partial charge < -0.3 is 5.32 Å². The lowest BCUT2D eigenvalue weighted by Gasteiger charge is -2.15. The highest BCUT2D eigenvalue weighted by atomic mass is 35.5. The first-order valence-electron chi connectivity index (χ1n) is 9.40. The Kier molecular flexibility index (Phi) is 6.16. The van der Waals surface area contributed by atoms with E-state index >= 15 is 0 Å². The molecule has 30 heavy (non-hydrogen) atoms. The molecular formula is C23H19ClN4OS. The van der Waals surface area contributed by atoms with Gasteiger partial charge in [0, 0.05) is 16.3 Å². The van der Waals surface area contributed by atoms with E-state index < -0.39 is 0 Å². The predicted octanol–water partition coefficient (Wildman–Crippen LogP) is 5.71. The second kappa shape index (κ2) is 9.15. The van der Waals surface area contributed by atoms with E-state index in [2.05, 4.69) is 15.5 Å². The van der Waals surface area contributed by atoms with Gasteiger partial charge in [0.2, 0.25) is 5.91 Å². The molecule has 3 aromatic carbocycles. The zero-order valence-corrected chi connectivity index (χ0v) is 17.8. The maximum Gasteiger partial charge on any atom is 0.237 e. The molecule has 0 aliphatic heterocycles. The topological polar surface area (TPSA) is 59.8 Å². The molecule has 0 bridgehead atoms. The summed E-state index contributed by atoms with van der Waals surface area (Å²) in [6, 6.07) is 25.2. The van der Waals surface area contributed by atoms with E-state index in [1.54, 1.807) is 6.33 Å². The Morgan fingerprint density at radius 3 is 2.60 bits per heavy atom. The number of nitrogens with one attached hydrogen (secondary N) is 1. The molecular weight excluding hydrogens is 416 g/mol. The Bertz CT molecular complexity index is 1160. The van der Waals surface area contributed by atoms with Gasteiger partial charge in [-0.25, -0.2) is 0 Å². The average molecular weight is 435 g/mol. The first-order valence-corrected chi connectivity index (χ1v) is 10.7. The molecule has 0 spiro atoms. The van der Waals surface area contributed by atoms with Crippen LogP contribution in [0.1, 0.15) is 6.92 Å². The number of halogens is 1. The molecule has 5 nitrogen and oxygen atoms in total. The SMILES string of the molecule is CC(Sc1nncn1-c1cccc(Cl)c1)C(=O)Nc1ccccc1-c1ccccc1. The summed E-state index contributed by atoms with van der Waals surface area (Å²) < 4.78 is 1.82. The molecule has 1 atom stereocenters. The van der Waals surface area contributed by atoms with E-state index in [0.29, 0.717) is 10.2 Å². The number of amides is 1. The minimum atomic E-state index is -0.379. The van der Waals surface area contributed by atoms with Crippen molar-refractivity contribution in [3.63, 3.8) is 0 Å². The van der Waals surface area contributed by atoms with E-state index in [1.807, 2.05) is 90.4 Å². The quantitative estimate of drug-likeness (QED) is 0.395. The highest BCUT2D eigenvalue weighted by Crippen LogP contribution is 2.30. The number of thioether (sulfide) groups is 1. The van der Waals surface area contributed by atoms with Gasteiger partial charge in [-0.1, -0.05) is 78.0 Å². The zero-order chi connectivity index (χ0) is 20.9. The van der Waals surface area contributed by atoms with Crippen LogP contribution in [0.3, 0.4) is 0 Å². The first kappa shape index (κ1) is 20.2. The Morgan fingerprint density at radius 1 is 1.03 bits per heavy atom. The van der Waals surface area contributed by atoms with Gasteiger partial charge in [-0.2, -0.15) is 0 Å². The maximum atomic E-state index is 12.9. The summed E-state index contributed by atoms with van der Waals surface area (Å²) in [7, 11) is 0. The molecule has 7 heteroatoms. The van der Waals surface area contributed by atoms with Gasteiger partial charge in [0.1, 0.15) is 6.33 Å². The van der Waals surface area contributed by atoms with Gasteiger partial charge >= 0.3 is 0 Å². The third kappa shape index (κ3) is 4.56. The maximum absolute atomic E-state index is 12.9. The molecule has 4 aromatic rings.